The fourth-order valence-corrected chi connectivity index (χ4v) is 4.18. The van der Waals surface area contributed by atoms with Crippen LogP contribution in [-0.2, 0) is 21.2 Å². The monoisotopic (exact) mass is 364 g/mol. The summed E-state index contributed by atoms with van der Waals surface area (Å²) in [5.41, 5.74) is 1.94. The van der Waals surface area contributed by atoms with Gasteiger partial charge in [0.1, 0.15) is 0 Å². The van der Waals surface area contributed by atoms with E-state index in [2.05, 4.69) is 4.72 Å². The number of carbonyl (C=O) groups excluding carboxylic acids is 1. The zero-order valence-electron chi connectivity index (χ0n) is 13.1. The fourth-order valence-electron chi connectivity index (χ4n) is 2.91. The van der Waals surface area contributed by atoms with Crippen LogP contribution in [0.5, 0.6) is 0 Å². The van der Waals surface area contributed by atoms with Gasteiger partial charge in [-0.15, -0.1) is 0 Å². The van der Waals surface area contributed by atoms with Gasteiger partial charge in [0.15, 0.2) is 0 Å². The zero-order chi connectivity index (χ0) is 17.3. The molecule has 7 heteroatoms. The molecule has 0 bridgehead atoms. The van der Waals surface area contributed by atoms with E-state index in [0.29, 0.717) is 5.02 Å². The second-order valence-electron chi connectivity index (χ2n) is 5.73. The smallest absolute Gasteiger partial charge is 0.242 e. The summed E-state index contributed by atoms with van der Waals surface area (Å²) in [6.45, 7) is 1.65. The molecular weight excluding hydrogens is 348 g/mol. The first kappa shape index (κ1) is 17.0. The summed E-state index contributed by atoms with van der Waals surface area (Å²) in [4.78, 5) is 14.2. The summed E-state index contributed by atoms with van der Waals surface area (Å²) < 4.78 is 26.9. The Morgan fingerprint density at radius 1 is 1.25 bits per heavy atom. The van der Waals surface area contributed by atoms with Crippen molar-refractivity contribution in [3.05, 3.63) is 59.1 Å². The maximum atomic E-state index is 12.5. The van der Waals surface area contributed by atoms with Crippen LogP contribution < -0.4 is 9.62 Å². The van der Waals surface area contributed by atoms with Gasteiger partial charge in [-0.25, -0.2) is 13.1 Å². The molecule has 1 heterocycles. The van der Waals surface area contributed by atoms with Crippen molar-refractivity contribution in [3.63, 3.8) is 0 Å². The first-order valence-corrected chi connectivity index (χ1v) is 9.40. The number of nitrogens with zero attached hydrogens (tertiary/aromatic N) is 1. The number of para-hydroxylation sites is 1. The van der Waals surface area contributed by atoms with Crippen LogP contribution in [0, 0.1) is 0 Å². The van der Waals surface area contributed by atoms with Crippen molar-refractivity contribution in [2.45, 2.75) is 24.3 Å². The molecule has 24 heavy (non-hydrogen) atoms. The highest BCUT2D eigenvalue weighted by atomic mass is 35.5. The second-order valence-corrected chi connectivity index (χ2v) is 7.93. The molecule has 0 aliphatic carbocycles. The molecule has 1 N–H and O–H groups in total. The van der Waals surface area contributed by atoms with Crippen molar-refractivity contribution < 1.29 is 13.2 Å². The van der Waals surface area contributed by atoms with Crippen LogP contribution in [0.4, 0.5) is 5.69 Å². The maximum Gasteiger partial charge on any atom is 0.242 e. The Hall–Kier alpha value is -1.89. The minimum atomic E-state index is -3.78. The Labute approximate surface area is 146 Å². The lowest BCUT2D eigenvalue weighted by Crippen LogP contribution is -2.43. The van der Waals surface area contributed by atoms with Crippen molar-refractivity contribution >= 4 is 33.2 Å². The molecule has 2 aromatic carbocycles. The summed E-state index contributed by atoms with van der Waals surface area (Å²) in [6.07, 6.45) is 0.767. The Balaban J connectivity index is 1.74. The quantitative estimate of drug-likeness (QED) is 0.906. The number of rotatable bonds is 4. The topological polar surface area (TPSA) is 66.5 Å². The Morgan fingerprint density at radius 2 is 2.00 bits per heavy atom. The first-order valence-electron chi connectivity index (χ1n) is 7.54. The van der Waals surface area contributed by atoms with E-state index >= 15 is 0 Å². The van der Waals surface area contributed by atoms with Crippen LogP contribution >= 0.6 is 11.6 Å². The van der Waals surface area contributed by atoms with E-state index in [1.165, 1.54) is 12.1 Å². The van der Waals surface area contributed by atoms with Crippen molar-refractivity contribution in [1.82, 2.24) is 4.72 Å². The maximum absolute atomic E-state index is 12.5. The molecule has 0 saturated carbocycles. The molecule has 0 radical (unpaired) electrons. The van der Waals surface area contributed by atoms with Gasteiger partial charge in [-0.3, -0.25) is 4.79 Å². The largest absolute Gasteiger partial charge is 0.308 e. The molecule has 1 aliphatic rings. The van der Waals surface area contributed by atoms with E-state index in [-0.39, 0.29) is 23.4 Å². The van der Waals surface area contributed by atoms with Gasteiger partial charge >= 0.3 is 0 Å². The molecular formula is C17H17ClN2O3S. The molecule has 126 valence electrons. The van der Waals surface area contributed by atoms with Crippen molar-refractivity contribution in [2.24, 2.45) is 0 Å². The van der Waals surface area contributed by atoms with E-state index in [0.717, 1.165) is 17.7 Å². The number of hydrogen-bond donors (Lipinski definition) is 1. The molecule has 1 amide bonds. The minimum Gasteiger partial charge on any atom is -0.308 e. The average Bonchev–Trinajstić information content (AvgIpc) is 2.88. The number of amides is 1. The third-order valence-corrected chi connectivity index (χ3v) is 5.63. The molecule has 0 saturated heterocycles. The van der Waals surface area contributed by atoms with E-state index < -0.39 is 10.0 Å². The van der Waals surface area contributed by atoms with Gasteiger partial charge < -0.3 is 4.90 Å². The normalized spacial score (nSPS) is 16.9. The van der Waals surface area contributed by atoms with Crippen LogP contribution in [0.1, 0.15) is 12.5 Å². The number of benzene rings is 2. The number of carbonyl (C=O) groups is 1. The zero-order valence-corrected chi connectivity index (χ0v) is 14.6. The van der Waals surface area contributed by atoms with Gasteiger partial charge in [0.2, 0.25) is 15.9 Å². The number of sulfonamides is 1. The summed E-state index contributed by atoms with van der Waals surface area (Å²) in [5.74, 6) is -0.280. The highest BCUT2D eigenvalue weighted by molar-refractivity contribution is 7.89. The molecule has 1 aliphatic heterocycles. The second kappa shape index (κ2) is 6.55. The third kappa shape index (κ3) is 3.31. The SMILES string of the molecule is CC1Cc2ccccc2N1C(=O)CNS(=O)(=O)c1cccc(Cl)c1. The molecule has 1 unspecified atom stereocenters. The number of fused-ring (bicyclic) bond motifs is 1. The molecule has 0 aromatic heterocycles. The molecule has 0 spiro atoms. The van der Waals surface area contributed by atoms with Gasteiger partial charge in [-0.05, 0) is 43.2 Å². The summed E-state index contributed by atoms with van der Waals surface area (Å²) >= 11 is 5.83. The molecule has 5 nitrogen and oxygen atoms in total. The van der Waals surface area contributed by atoms with Gasteiger partial charge in [-0.2, -0.15) is 0 Å². The van der Waals surface area contributed by atoms with E-state index in [4.69, 9.17) is 11.6 Å². The van der Waals surface area contributed by atoms with E-state index in [1.54, 1.807) is 17.0 Å². The molecule has 3 rings (SSSR count). The average molecular weight is 365 g/mol. The van der Waals surface area contributed by atoms with Crippen molar-refractivity contribution in [2.75, 3.05) is 11.4 Å². The van der Waals surface area contributed by atoms with Gasteiger partial charge in [0.25, 0.3) is 0 Å². The van der Waals surface area contributed by atoms with Crippen LogP contribution in [-0.4, -0.2) is 26.9 Å². The summed E-state index contributed by atoms with van der Waals surface area (Å²) in [5, 5.41) is 0.325. The first-order chi connectivity index (χ1) is 11.4. The van der Waals surface area contributed by atoms with Crippen molar-refractivity contribution in [3.8, 4) is 0 Å². The third-order valence-electron chi connectivity index (χ3n) is 4.00. The summed E-state index contributed by atoms with van der Waals surface area (Å²) in [7, 11) is -3.78. The molecule has 0 fully saturated rings. The fraction of sp³-hybridized carbons (Fsp3) is 0.235. The van der Waals surface area contributed by atoms with Crippen LogP contribution in [0.25, 0.3) is 0 Å². The standard InChI is InChI=1S/C17H17ClN2O3S/c1-12-9-13-5-2-3-8-16(13)20(12)17(21)11-19-24(22,23)15-7-4-6-14(18)10-15/h2-8,10,12,19H,9,11H2,1H3. The number of halogens is 1. The number of hydrogen-bond acceptors (Lipinski definition) is 3. The predicted octanol–water partition coefficient (Wildman–Crippen LogP) is 2.60. The van der Waals surface area contributed by atoms with Gasteiger partial charge in [-0.1, -0.05) is 35.9 Å². The Bertz CT molecular complexity index is 883. The number of anilines is 1. The summed E-state index contributed by atoms with van der Waals surface area (Å²) in [6, 6.07) is 13.6. The predicted molar refractivity (Wildman–Crippen MR) is 93.7 cm³/mol. The lowest BCUT2D eigenvalue weighted by atomic mass is 10.1. The van der Waals surface area contributed by atoms with Crippen molar-refractivity contribution in [1.29, 1.82) is 0 Å². The van der Waals surface area contributed by atoms with Crippen LogP contribution in [0.3, 0.4) is 0 Å². The van der Waals surface area contributed by atoms with Gasteiger partial charge in [0.05, 0.1) is 11.4 Å². The molecule has 2 aromatic rings. The van der Waals surface area contributed by atoms with Crippen LogP contribution in [0.15, 0.2) is 53.4 Å². The lowest BCUT2D eigenvalue weighted by Gasteiger charge is -2.22. The van der Waals surface area contributed by atoms with E-state index in [1.807, 2.05) is 31.2 Å². The lowest BCUT2D eigenvalue weighted by molar-refractivity contribution is -0.117. The highest BCUT2D eigenvalue weighted by Crippen LogP contribution is 2.31. The minimum absolute atomic E-state index is 0.00516. The highest BCUT2D eigenvalue weighted by Gasteiger charge is 2.31. The Morgan fingerprint density at radius 3 is 2.75 bits per heavy atom. The number of nitrogens with one attached hydrogen (secondary N) is 1. The van der Waals surface area contributed by atoms with E-state index in [9.17, 15) is 13.2 Å². The Kier molecular flexibility index (Phi) is 4.62. The van der Waals surface area contributed by atoms with Gasteiger partial charge in [0, 0.05) is 16.8 Å². The molecule has 1 atom stereocenters. The van der Waals surface area contributed by atoms with Crippen LogP contribution in [0.2, 0.25) is 5.02 Å².